The molecule has 1 heterocycles. The third-order valence-electron chi connectivity index (χ3n) is 4.06. The fourth-order valence-electron chi connectivity index (χ4n) is 2.51. The molecule has 110 valence electrons. The standard InChI is InChI=1S/C17H20N2O2/c1-2-3-11-18-16(20)17(9-10-17)15-12-14(21-19-15)13-7-5-4-6-8-13/h4-8,12H,2-3,9-11H2,1H3,(H,18,20). The Morgan fingerprint density at radius 2 is 2.10 bits per heavy atom. The molecule has 1 aromatic carbocycles. The highest BCUT2D eigenvalue weighted by molar-refractivity contribution is 5.91. The van der Waals surface area contributed by atoms with Gasteiger partial charge in [0.25, 0.3) is 0 Å². The summed E-state index contributed by atoms with van der Waals surface area (Å²) in [4.78, 5) is 12.4. The van der Waals surface area contributed by atoms with Gasteiger partial charge in [0, 0.05) is 18.2 Å². The molecule has 1 aliphatic carbocycles. The van der Waals surface area contributed by atoms with Crippen molar-refractivity contribution in [3.63, 3.8) is 0 Å². The number of benzene rings is 1. The van der Waals surface area contributed by atoms with Crippen LogP contribution in [0.15, 0.2) is 40.9 Å². The van der Waals surface area contributed by atoms with Crippen LogP contribution in [0.4, 0.5) is 0 Å². The van der Waals surface area contributed by atoms with Crippen molar-refractivity contribution in [2.45, 2.75) is 38.0 Å². The molecule has 0 saturated heterocycles. The zero-order chi connectivity index (χ0) is 14.7. The van der Waals surface area contributed by atoms with E-state index in [1.807, 2.05) is 36.4 Å². The zero-order valence-electron chi connectivity index (χ0n) is 12.3. The lowest BCUT2D eigenvalue weighted by Gasteiger charge is -2.11. The lowest BCUT2D eigenvalue weighted by atomic mass is 10.0. The first-order valence-corrected chi connectivity index (χ1v) is 7.57. The van der Waals surface area contributed by atoms with Gasteiger partial charge in [0.2, 0.25) is 5.91 Å². The monoisotopic (exact) mass is 284 g/mol. The number of unbranched alkanes of at least 4 members (excludes halogenated alkanes) is 1. The average molecular weight is 284 g/mol. The Morgan fingerprint density at radius 3 is 2.76 bits per heavy atom. The van der Waals surface area contributed by atoms with E-state index in [2.05, 4.69) is 17.4 Å². The number of hydrogen-bond donors (Lipinski definition) is 1. The normalized spacial score (nSPS) is 15.7. The van der Waals surface area contributed by atoms with Crippen LogP contribution in [0.5, 0.6) is 0 Å². The van der Waals surface area contributed by atoms with E-state index in [-0.39, 0.29) is 5.91 Å². The van der Waals surface area contributed by atoms with Crippen LogP contribution in [0.2, 0.25) is 0 Å². The number of hydrogen-bond acceptors (Lipinski definition) is 3. The van der Waals surface area contributed by atoms with Crippen LogP contribution < -0.4 is 5.32 Å². The fraction of sp³-hybridized carbons (Fsp3) is 0.412. The summed E-state index contributed by atoms with van der Waals surface area (Å²) in [5.41, 5.74) is 1.29. The molecule has 0 atom stereocenters. The molecule has 1 aliphatic rings. The second-order valence-corrected chi connectivity index (χ2v) is 5.63. The fourth-order valence-corrected chi connectivity index (χ4v) is 2.51. The first kappa shape index (κ1) is 13.9. The summed E-state index contributed by atoms with van der Waals surface area (Å²) in [6, 6.07) is 11.7. The summed E-state index contributed by atoms with van der Waals surface area (Å²) in [5.74, 6) is 0.807. The van der Waals surface area contributed by atoms with Gasteiger partial charge in [0.05, 0.1) is 11.1 Å². The summed E-state index contributed by atoms with van der Waals surface area (Å²) in [5, 5.41) is 7.15. The third-order valence-corrected chi connectivity index (χ3v) is 4.06. The molecule has 3 rings (SSSR count). The molecule has 2 aromatic rings. The van der Waals surface area contributed by atoms with Crippen LogP contribution >= 0.6 is 0 Å². The lowest BCUT2D eigenvalue weighted by molar-refractivity contribution is -0.123. The molecule has 0 spiro atoms. The predicted molar refractivity (Wildman–Crippen MR) is 80.8 cm³/mol. The van der Waals surface area contributed by atoms with Gasteiger partial charge in [-0.1, -0.05) is 48.8 Å². The van der Waals surface area contributed by atoms with Crippen molar-refractivity contribution in [1.82, 2.24) is 10.5 Å². The topological polar surface area (TPSA) is 55.1 Å². The van der Waals surface area contributed by atoms with Crippen LogP contribution in [-0.4, -0.2) is 17.6 Å². The van der Waals surface area contributed by atoms with E-state index in [9.17, 15) is 4.79 Å². The number of carbonyl (C=O) groups is 1. The van der Waals surface area contributed by atoms with Crippen LogP contribution in [0.25, 0.3) is 11.3 Å². The number of nitrogens with one attached hydrogen (secondary N) is 1. The van der Waals surface area contributed by atoms with Gasteiger partial charge in [-0.2, -0.15) is 0 Å². The van der Waals surface area contributed by atoms with Crippen molar-refractivity contribution in [3.8, 4) is 11.3 Å². The van der Waals surface area contributed by atoms with Gasteiger partial charge in [-0.05, 0) is 19.3 Å². The predicted octanol–water partition coefficient (Wildman–Crippen LogP) is 3.29. The molecule has 4 heteroatoms. The highest BCUT2D eigenvalue weighted by Crippen LogP contribution is 2.48. The summed E-state index contributed by atoms with van der Waals surface area (Å²) < 4.78 is 5.42. The quantitative estimate of drug-likeness (QED) is 0.828. The second-order valence-electron chi connectivity index (χ2n) is 5.63. The first-order valence-electron chi connectivity index (χ1n) is 7.57. The van der Waals surface area contributed by atoms with Crippen LogP contribution in [0, 0.1) is 0 Å². The SMILES string of the molecule is CCCCNC(=O)C1(c2cc(-c3ccccc3)on2)CC1. The minimum Gasteiger partial charge on any atom is -0.356 e. The van der Waals surface area contributed by atoms with Gasteiger partial charge in [0.15, 0.2) is 5.76 Å². The zero-order valence-corrected chi connectivity index (χ0v) is 12.3. The van der Waals surface area contributed by atoms with E-state index in [4.69, 9.17) is 4.52 Å². The van der Waals surface area contributed by atoms with E-state index in [0.29, 0.717) is 0 Å². The highest BCUT2D eigenvalue weighted by Gasteiger charge is 2.53. The molecule has 4 nitrogen and oxygen atoms in total. The lowest BCUT2D eigenvalue weighted by Crippen LogP contribution is -2.35. The molecule has 1 aromatic heterocycles. The smallest absolute Gasteiger partial charge is 0.232 e. The largest absolute Gasteiger partial charge is 0.356 e. The highest BCUT2D eigenvalue weighted by atomic mass is 16.5. The van der Waals surface area contributed by atoms with Crippen molar-refractivity contribution < 1.29 is 9.32 Å². The number of rotatable bonds is 6. The van der Waals surface area contributed by atoms with Crippen molar-refractivity contribution in [3.05, 3.63) is 42.1 Å². The summed E-state index contributed by atoms with van der Waals surface area (Å²) >= 11 is 0. The van der Waals surface area contributed by atoms with Gasteiger partial charge in [-0.15, -0.1) is 0 Å². The number of nitrogens with zero attached hydrogens (tertiary/aromatic N) is 1. The van der Waals surface area contributed by atoms with Crippen molar-refractivity contribution in [1.29, 1.82) is 0 Å². The average Bonchev–Trinajstić information content (AvgIpc) is 3.19. The number of aromatic nitrogens is 1. The molecule has 0 aliphatic heterocycles. The van der Waals surface area contributed by atoms with Crippen molar-refractivity contribution in [2.24, 2.45) is 0 Å². The number of carbonyl (C=O) groups excluding carboxylic acids is 1. The third kappa shape index (κ3) is 2.71. The molecule has 0 radical (unpaired) electrons. The molecule has 1 saturated carbocycles. The molecular formula is C17H20N2O2. The molecule has 21 heavy (non-hydrogen) atoms. The Morgan fingerprint density at radius 1 is 1.33 bits per heavy atom. The maximum absolute atomic E-state index is 12.4. The van der Waals surface area contributed by atoms with Crippen molar-refractivity contribution >= 4 is 5.91 Å². The van der Waals surface area contributed by atoms with E-state index >= 15 is 0 Å². The molecule has 1 fully saturated rings. The Labute approximate surface area is 124 Å². The molecule has 1 amide bonds. The van der Waals surface area contributed by atoms with Gasteiger partial charge < -0.3 is 9.84 Å². The summed E-state index contributed by atoms with van der Waals surface area (Å²) in [6.45, 7) is 2.85. The van der Waals surface area contributed by atoms with Crippen LogP contribution in [0.1, 0.15) is 38.3 Å². The Bertz CT molecular complexity index is 615. The molecule has 0 unspecified atom stereocenters. The van der Waals surface area contributed by atoms with E-state index in [1.165, 1.54) is 0 Å². The maximum atomic E-state index is 12.4. The minimum atomic E-state index is -0.454. The van der Waals surface area contributed by atoms with Crippen LogP contribution in [0.3, 0.4) is 0 Å². The molecular weight excluding hydrogens is 264 g/mol. The maximum Gasteiger partial charge on any atom is 0.232 e. The Kier molecular flexibility index (Phi) is 3.78. The number of amides is 1. The van der Waals surface area contributed by atoms with E-state index in [1.54, 1.807) is 0 Å². The summed E-state index contributed by atoms with van der Waals surface area (Å²) in [7, 11) is 0. The second kappa shape index (κ2) is 5.72. The molecule has 1 N–H and O–H groups in total. The Balaban J connectivity index is 1.75. The van der Waals surface area contributed by atoms with Gasteiger partial charge >= 0.3 is 0 Å². The minimum absolute atomic E-state index is 0.0869. The van der Waals surface area contributed by atoms with Gasteiger partial charge in [-0.3, -0.25) is 4.79 Å². The van der Waals surface area contributed by atoms with Gasteiger partial charge in [0.1, 0.15) is 0 Å². The van der Waals surface area contributed by atoms with Crippen molar-refractivity contribution in [2.75, 3.05) is 6.54 Å². The Hall–Kier alpha value is -2.10. The molecule has 0 bridgehead atoms. The van der Waals surface area contributed by atoms with E-state index < -0.39 is 5.41 Å². The van der Waals surface area contributed by atoms with Gasteiger partial charge in [-0.25, -0.2) is 0 Å². The van der Waals surface area contributed by atoms with Crippen LogP contribution in [-0.2, 0) is 10.2 Å². The summed E-state index contributed by atoms with van der Waals surface area (Å²) in [6.07, 6.45) is 3.79. The first-order chi connectivity index (χ1) is 10.3. The van der Waals surface area contributed by atoms with E-state index in [0.717, 1.165) is 49.2 Å².